The van der Waals surface area contributed by atoms with E-state index >= 15 is 0 Å². The Morgan fingerprint density at radius 3 is 2.54 bits per heavy atom. The molecule has 26 heavy (non-hydrogen) atoms. The Labute approximate surface area is 154 Å². The summed E-state index contributed by atoms with van der Waals surface area (Å²) >= 11 is 1.49. The minimum atomic E-state index is -0.407. The molecule has 0 aliphatic rings. The van der Waals surface area contributed by atoms with Crippen molar-refractivity contribution in [1.82, 2.24) is 4.57 Å². The maximum absolute atomic E-state index is 13.4. The number of thiazole rings is 1. The van der Waals surface area contributed by atoms with Crippen LogP contribution in [0.2, 0.25) is 0 Å². The first-order valence-electron chi connectivity index (χ1n) is 7.82. The predicted molar refractivity (Wildman–Crippen MR) is 101 cm³/mol. The molecule has 3 aromatic rings. The van der Waals surface area contributed by atoms with E-state index in [9.17, 15) is 4.39 Å². The zero-order valence-corrected chi connectivity index (χ0v) is 15.5. The third-order valence-corrected chi connectivity index (χ3v) is 4.74. The van der Waals surface area contributed by atoms with Gasteiger partial charge in [-0.1, -0.05) is 6.07 Å². The van der Waals surface area contributed by atoms with Crippen molar-refractivity contribution in [3.63, 3.8) is 0 Å². The normalized spacial score (nSPS) is 11.9. The lowest BCUT2D eigenvalue weighted by atomic mass is 10.1. The monoisotopic (exact) mass is 371 g/mol. The van der Waals surface area contributed by atoms with E-state index in [0.717, 1.165) is 21.8 Å². The summed E-state index contributed by atoms with van der Waals surface area (Å²) in [6, 6.07) is 12.4. The number of halogens is 1. The average molecular weight is 371 g/mol. The van der Waals surface area contributed by atoms with Gasteiger partial charge in [-0.3, -0.25) is 0 Å². The molecule has 0 aliphatic carbocycles. The standard InChI is InChI=1S/C19H18FN3O2S/c1-23-17(14-5-7-15(24-2)8-6-14)12-26-19(23)22-21-11-13-4-9-16(20)18(10-13)25-3/h4-12H,1-3H3/b21-11+,22-19-. The van der Waals surface area contributed by atoms with Gasteiger partial charge < -0.3 is 14.0 Å². The summed E-state index contributed by atoms with van der Waals surface area (Å²) in [5.74, 6) is 0.587. The Hall–Kier alpha value is -2.93. The van der Waals surface area contributed by atoms with Crippen LogP contribution in [0.1, 0.15) is 5.56 Å². The van der Waals surface area contributed by atoms with Crippen LogP contribution in [0, 0.1) is 5.82 Å². The van der Waals surface area contributed by atoms with Crippen LogP contribution in [-0.2, 0) is 7.05 Å². The highest BCUT2D eigenvalue weighted by Gasteiger charge is 2.05. The average Bonchev–Trinajstić information content (AvgIpc) is 3.04. The van der Waals surface area contributed by atoms with Crippen molar-refractivity contribution in [2.24, 2.45) is 17.3 Å². The predicted octanol–water partition coefficient (Wildman–Crippen LogP) is 3.84. The SMILES string of the molecule is COc1ccc(-c2cs/c(=N\N=C\c3ccc(F)c(OC)c3)n2C)cc1. The second-order valence-corrected chi connectivity index (χ2v) is 6.27. The summed E-state index contributed by atoms with van der Waals surface area (Å²) in [5, 5.41) is 10.4. The number of hydrogen-bond acceptors (Lipinski definition) is 5. The van der Waals surface area contributed by atoms with E-state index in [4.69, 9.17) is 9.47 Å². The molecule has 5 nitrogen and oxygen atoms in total. The van der Waals surface area contributed by atoms with E-state index in [1.165, 1.54) is 24.5 Å². The zero-order valence-electron chi connectivity index (χ0n) is 14.6. The van der Waals surface area contributed by atoms with Crippen molar-refractivity contribution in [3.05, 3.63) is 64.0 Å². The number of ether oxygens (including phenoxy) is 2. The molecule has 2 aromatic carbocycles. The van der Waals surface area contributed by atoms with Crippen LogP contribution in [0.4, 0.5) is 4.39 Å². The molecule has 0 bridgehead atoms. The van der Waals surface area contributed by atoms with Gasteiger partial charge in [0.15, 0.2) is 11.6 Å². The number of benzene rings is 2. The van der Waals surface area contributed by atoms with Crippen LogP contribution < -0.4 is 14.3 Å². The van der Waals surface area contributed by atoms with Gasteiger partial charge >= 0.3 is 0 Å². The molecule has 0 fully saturated rings. The Morgan fingerprint density at radius 2 is 1.85 bits per heavy atom. The molecule has 1 aromatic heterocycles. The van der Waals surface area contributed by atoms with E-state index in [2.05, 4.69) is 10.2 Å². The molecule has 3 rings (SSSR count). The Kier molecular flexibility index (Phi) is 5.48. The molecular formula is C19H18FN3O2S. The Bertz CT molecular complexity index is 991. The van der Waals surface area contributed by atoms with Gasteiger partial charge in [-0.2, -0.15) is 5.10 Å². The molecule has 0 aliphatic heterocycles. The van der Waals surface area contributed by atoms with Crippen molar-refractivity contribution >= 4 is 17.6 Å². The number of rotatable bonds is 5. The zero-order chi connectivity index (χ0) is 18.5. The fourth-order valence-electron chi connectivity index (χ4n) is 2.39. The first kappa shape index (κ1) is 17.9. The van der Waals surface area contributed by atoms with Crippen molar-refractivity contribution in [3.8, 4) is 22.8 Å². The minimum absolute atomic E-state index is 0.178. The van der Waals surface area contributed by atoms with Crippen molar-refractivity contribution in [2.45, 2.75) is 0 Å². The van der Waals surface area contributed by atoms with Gasteiger partial charge in [0.05, 0.1) is 26.1 Å². The van der Waals surface area contributed by atoms with Gasteiger partial charge in [-0.15, -0.1) is 16.4 Å². The minimum Gasteiger partial charge on any atom is -0.497 e. The van der Waals surface area contributed by atoms with Gasteiger partial charge in [0.1, 0.15) is 5.75 Å². The lowest BCUT2D eigenvalue weighted by Crippen LogP contribution is -2.10. The molecule has 0 amide bonds. The van der Waals surface area contributed by atoms with Crippen LogP contribution in [0.3, 0.4) is 0 Å². The molecule has 0 unspecified atom stereocenters. The molecular weight excluding hydrogens is 353 g/mol. The van der Waals surface area contributed by atoms with Crippen molar-refractivity contribution in [1.29, 1.82) is 0 Å². The summed E-state index contributed by atoms with van der Waals surface area (Å²) in [4.78, 5) is 0.751. The number of aromatic nitrogens is 1. The number of nitrogens with zero attached hydrogens (tertiary/aromatic N) is 3. The van der Waals surface area contributed by atoms with Gasteiger partial charge in [0.2, 0.25) is 4.80 Å². The number of hydrogen-bond donors (Lipinski definition) is 0. The van der Waals surface area contributed by atoms with Crippen LogP contribution in [0.5, 0.6) is 11.5 Å². The van der Waals surface area contributed by atoms with Crippen molar-refractivity contribution < 1.29 is 13.9 Å². The third-order valence-electron chi connectivity index (χ3n) is 3.84. The molecule has 0 radical (unpaired) electrons. The molecule has 0 N–H and O–H groups in total. The summed E-state index contributed by atoms with van der Waals surface area (Å²) < 4.78 is 25.5. The topological polar surface area (TPSA) is 48.1 Å². The molecule has 0 spiro atoms. The molecule has 0 atom stereocenters. The second kappa shape index (κ2) is 7.97. The van der Waals surface area contributed by atoms with E-state index < -0.39 is 5.82 Å². The first-order valence-corrected chi connectivity index (χ1v) is 8.70. The molecule has 7 heteroatoms. The van der Waals surface area contributed by atoms with Crippen LogP contribution in [-0.4, -0.2) is 25.0 Å². The van der Waals surface area contributed by atoms with Crippen LogP contribution in [0.15, 0.2) is 58.0 Å². The quantitative estimate of drug-likeness (QED) is 0.505. The summed E-state index contributed by atoms with van der Waals surface area (Å²) in [7, 11) is 5.01. The number of methoxy groups -OCH3 is 2. The Balaban J connectivity index is 1.84. The maximum atomic E-state index is 13.4. The molecule has 134 valence electrons. The highest BCUT2D eigenvalue weighted by molar-refractivity contribution is 7.07. The largest absolute Gasteiger partial charge is 0.497 e. The highest BCUT2D eigenvalue weighted by atomic mass is 32.1. The van der Waals surface area contributed by atoms with Gasteiger partial charge in [0, 0.05) is 12.4 Å². The first-order chi connectivity index (χ1) is 12.6. The van der Waals surface area contributed by atoms with E-state index in [1.54, 1.807) is 25.5 Å². The fourth-order valence-corrected chi connectivity index (χ4v) is 3.25. The van der Waals surface area contributed by atoms with E-state index in [1.807, 2.05) is 41.3 Å². The summed E-state index contributed by atoms with van der Waals surface area (Å²) in [6.45, 7) is 0. The molecule has 0 saturated heterocycles. The van der Waals surface area contributed by atoms with Gasteiger partial charge in [-0.25, -0.2) is 4.39 Å². The fraction of sp³-hybridized carbons (Fsp3) is 0.158. The summed E-state index contributed by atoms with van der Waals surface area (Å²) in [5.41, 5.74) is 2.81. The smallest absolute Gasteiger partial charge is 0.210 e. The van der Waals surface area contributed by atoms with Crippen LogP contribution >= 0.6 is 11.3 Å². The highest BCUT2D eigenvalue weighted by Crippen LogP contribution is 2.22. The summed E-state index contributed by atoms with van der Waals surface area (Å²) in [6.07, 6.45) is 1.56. The molecule has 0 saturated carbocycles. The second-order valence-electron chi connectivity index (χ2n) is 5.43. The lowest BCUT2D eigenvalue weighted by molar-refractivity contribution is 0.386. The van der Waals surface area contributed by atoms with Gasteiger partial charge in [0.25, 0.3) is 0 Å². The molecule has 1 heterocycles. The van der Waals surface area contributed by atoms with Crippen LogP contribution in [0.25, 0.3) is 11.3 Å². The third kappa shape index (κ3) is 3.83. The Morgan fingerprint density at radius 1 is 1.08 bits per heavy atom. The van der Waals surface area contributed by atoms with Gasteiger partial charge in [-0.05, 0) is 47.5 Å². The van der Waals surface area contributed by atoms with Crippen molar-refractivity contribution in [2.75, 3.05) is 14.2 Å². The maximum Gasteiger partial charge on any atom is 0.210 e. The van der Waals surface area contributed by atoms with E-state index in [-0.39, 0.29) is 5.75 Å². The van der Waals surface area contributed by atoms with E-state index in [0.29, 0.717) is 5.56 Å². The lowest BCUT2D eigenvalue weighted by Gasteiger charge is -2.04.